The molecule has 1 aromatic carbocycles. The van der Waals surface area contributed by atoms with Crippen LogP contribution in [-0.2, 0) is 16.0 Å². The zero-order chi connectivity index (χ0) is 16.5. The number of urea groups is 1. The quantitative estimate of drug-likeness (QED) is 0.670. The van der Waals surface area contributed by atoms with E-state index in [9.17, 15) is 9.59 Å². The van der Waals surface area contributed by atoms with Crippen LogP contribution in [0.25, 0.3) is 0 Å². The summed E-state index contributed by atoms with van der Waals surface area (Å²) in [6, 6.07) is 9.80. The molecule has 0 radical (unpaired) electrons. The molecule has 3 N–H and O–H groups in total. The van der Waals surface area contributed by atoms with Gasteiger partial charge < -0.3 is 20.7 Å². The van der Waals surface area contributed by atoms with Crippen LogP contribution in [0.5, 0.6) is 0 Å². The van der Waals surface area contributed by atoms with Crippen LogP contribution in [0, 0.1) is 5.92 Å². The number of carbonyl (C=O) groups excluding carboxylic acids is 2. The van der Waals surface area contributed by atoms with Gasteiger partial charge in [-0.15, -0.1) is 0 Å². The number of ether oxygens (including phenoxy) is 1. The summed E-state index contributed by atoms with van der Waals surface area (Å²) in [6.07, 6.45) is 2.81. The number of nitrogens with one attached hydrogen (secondary N) is 3. The molecule has 126 valence electrons. The van der Waals surface area contributed by atoms with Gasteiger partial charge in [-0.3, -0.25) is 4.79 Å². The van der Waals surface area contributed by atoms with Crippen molar-refractivity contribution in [1.29, 1.82) is 0 Å². The molecule has 1 aliphatic rings. The first-order chi connectivity index (χ1) is 11.2. The number of methoxy groups -OCH3 is 1. The minimum Gasteiger partial charge on any atom is -0.384 e. The Morgan fingerprint density at radius 2 is 1.96 bits per heavy atom. The fourth-order valence-electron chi connectivity index (χ4n) is 2.61. The summed E-state index contributed by atoms with van der Waals surface area (Å²) in [5.41, 5.74) is 1.17. The van der Waals surface area contributed by atoms with Crippen LogP contribution in [0.3, 0.4) is 0 Å². The lowest BCUT2D eigenvalue weighted by Gasteiger charge is -2.36. The van der Waals surface area contributed by atoms with E-state index in [1.165, 1.54) is 5.56 Å². The monoisotopic (exact) mass is 319 g/mol. The highest BCUT2D eigenvalue weighted by atomic mass is 16.5. The Labute approximate surface area is 137 Å². The van der Waals surface area contributed by atoms with Crippen LogP contribution < -0.4 is 16.0 Å². The van der Waals surface area contributed by atoms with Gasteiger partial charge in [-0.05, 0) is 24.8 Å². The molecule has 0 bridgehead atoms. The zero-order valence-electron chi connectivity index (χ0n) is 13.5. The van der Waals surface area contributed by atoms with Crippen molar-refractivity contribution in [3.63, 3.8) is 0 Å². The topological polar surface area (TPSA) is 79.5 Å². The second-order valence-electron chi connectivity index (χ2n) is 5.81. The highest BCUT2D eigenvalue weighted by Crippen LogP contribution is 2.27. The smallest absolute Gasteiger partial charge is 0.315 e. The molecule has 0 unspecified atom stereocenters. The van der Waals surface area contributed by atoms with Crippen molar-refractivity contribution >= 4 is 11.9 Å². The summed E-state index contributed by atoms with van der Waals surface area (Å²) in [4.78, 5) is 23.5. The average Bonchev–Trinajstić information content (AvgIpc) is 2.55. The molecule has 1 aromatic rings. The molecule has 3 amide bonds. The molecule has 0 heterocycles. The number of rotatable bonds is 8. The van der Waals surface area contributed by atoms with Gasteiger partial charge in [0, 0.05) is 25.6 Å². The van der Waals surface area contributed by atoms with Gasteiger partial charge in [0.05, 0.1) is 13.2 Å². The molecule has 0 saturated heterocycles. The molecule has 6 heteroatoms. The number of hydrogen-bond donors (Lipinski definition) is 3. The second-order valence-corrected chi connectivity index (χ2v) is 5.81. The molecule has 2 rings (SSSR count). The maximum atomic E-state index is 11.8. The molecule has 1 saturated carbocycles. The van der Waals surface area contributed by atoms with Gasteiger partial charge in [0.2, 0.25) is 5.91 Å². The molecule has 0 aromatic heterocycles. The predicted molar refractivity (Wildman–Crippen MR) is 88.1 cm³/mol. The Balaban J connectivity index is 1.56. The number of benzene rings is 1. The Morgan fingerprint density at radius 3 is 2.61 bits per heavy atom. The van der Waals surface area contributed by atoms with E-state index in [0.717, 1.165) is 19.3 Å². The van der Waals surface area contributed by atoms with Crippen LogP contribution >= 0.6 is 0 Å². The van der Waals surface area contributed by atoms with Crippen molar-refractivity contribution < 1.29 is 14.3 Å². The minimum atomic E-state index is -0.297. The maximum Gasteiger partial charge on any atom is 0.315 e. The largest absolute Gasteiger partial charge is 0.384 e. The zero-order valence-corrected chi connectivity index (χ0v) is 13.5. The van der Waals surface area contributed by atoms with E-state index in [2.05, 4.69) is 16.0 Å². The van der Waals surface area contributed by atoms with Crippen molar-refractivity contribution in [2.45, 2.75) is 25.3 Å². The van der Waals surface area contributed by atoms with Gasteiger partial charge in [0.25, 0.3) is 0 Å². The fourth-order valence-corrected chi connectivity index (χ4v) is 2.61. The van der Waals surface area contributed by atoms with Crippen LogP contribution in [0.15, 0.2) is 30.3 Å². The maximum absolute atomic E-state index is 11.8. The Bertz CT molecular complexity index is 507. The van der Waals surface area contributed by atoms with Gasteiger partial charge in [0.1, 0.15) is 0 Å². The summed E-state index contributed by atoms with van der Waals surface area (Å²) in [7, 11) is 1.66. The Hall–Kier alpha value is -2.08. The van der Waals surface area contributed by atoms with Crippen molar-refractivity contribution in [3.8, 4) is 0 Å². The fraction of sp³-hybridized carbons (Fsp3) is 0.529. The molecule has 1 aliphatic carbocycles. The number of hydrogen-bond acceptors (Lipinski definition) is 3. The van der Waals surface area contributed by atoms with Gasteiger partial charge >= 0.3 is 6.03 Å². The molecular weight excluding hydrogens is 294 g/mol. The lowest BCUT2D eigenvalue weighted by atomic mass is 9.80. The van der Waals surface area contributed by atoms with Crippen molar-refractivity contribution in [3.05, 3.63) is 35.9 Å². The van der Waals surface area contributed by atoms with Gasteiger partial charge in [-0.25, -0.2) is 4.79 Å². The standard InChI is InChI=1S/C17H25N3O3/c1-23-12-14-7-8-15(14)20-17(22)19-11-16(21)18-10-9-13-5-3-2-4-6-13/h2-6,14-15H,7-12H2,1H3,(H,18,21)(H2,19,20,22)/t14-,15-/m1/s1. The molecule has 0 aliphatic heterocycles. The number of amides is 3. The summed E-state index contributed by atoms with van der Waals surface area (Å²) >= 11 is 0. The molecule has 2 atom stereocenters. The molecule has 0 spiro atoms. The van der Waals surface area contributed by atoms with Gasteiger partial charge in [-0.2, -0.15) is 0 Å². The van der Waals surface area contributed by atoms with E-state index in [-0.39, 0.29) is 24.5 Å². The highest BCUT2D eigenvalue weighted by Gasteiger charge is 2.31. The SMILES string of the molecule is COC[C@H]1CC[C@H]1NC(=O)NCC(=O)NCCc1ccccc1. The van der Waals surface area contributed by atoms with Crippen molar-refractivity contribution in [2.24, 2.45) is 5.92 Å². The van der Waals surface area contributed by atoms with E-state index in [0.29, 0.717) is 19.1 Å². The highest BCUT2D eigenvalue weighted by molar-refractivity contribution is 5.84. The summed E-state index contributed by atoms with van der Waals surface area (Å²) in [5.74, 6) is 0.198. The van der Waals surface area contributed by atoms with E-state index in [1.54, 1.807) is 7.11 Å². The first-order valence-electron chi connectivity index (χ1n) is 8.03. The third kappa shape index (κ3) is 5.90. The first kappa shape index (κ1) is 17.3. The first-order valence-corrected chi connectivity index (χ1v) is 8.03. The predicted octanol–water partition coefficient (Wildman–Crippen LogP) is 1.07. The van der Waals surface area contributed by atoms with Crippen LogP contribution in [0.2, 0.25) is 0 Å². The van der Waals surface area contributed by atoms with E-state index < -0.39 is 0 Å². The Kier molecular flexibility index (Phi) is 6.87. The summed E-state index contributed by atoms with van der Waals surface area (Å²) in [5, 5.41) is 8.26. The van der Waals surface area contributed by atoms with Crippen LogP contribution in [0.4, 0.5) is 4.79 Å². The summed E-state index contributed by atoms with van der Waals surface area (Å²) < 4.78 is 5.10. The third-order valence-electron chi connectivity index (χ3n) is 4.10. The van der Waals surface area contributed by atoms with Crippen molar-refractivity contribution in [2.75, 3.05) is 26.8 Å². The normalized spacial score (nSPS) is 19.5. The molecular formula is C17H25N3O3. The summed E-state index contributed by atoms with van der Waals surface area (Å²) in [6.45, 7) is 1.21. The van der Waals surface area contributed by atoms with E-state index in [1.807, 2.05) is 30.3 Å². The molecule has 6 nitrogen and oxygen atoms in total. The molecule has 23 heavy (non-hydrogen) atoms. The average molecular weight is 319 g/mol. The van der Waals surface area contributed by atoms with Crippen LogP contribution in [-0.4, -0.2) is 44.8 Å². The van der Waals surface area contributed by atoms with Gasteiger partial charge in [-0.1, -0.05) is 30.3 Å². The van der Waals surface area contributed by atoms with E-state index in [4.69, 9.17) is 4.74 Å². The van der Waals surface area contributed by atoms with E-state index >= 15 is 0 Å². The lowest BCUT2D eigenvalue weighted by Crippen LogP contribution is -2.52. The third-order valence-corrected chi connectivity index (χ3v) is 4.10. The van der Waals surface area contributed by atoms with Crippen LogP contribution in [0.1, 0.15) is 18.4 Å². The minimum absolute atomic E-state index is 0.0116. The Morgan fingerprint density at radius 1 is 1.17 bits per heavy atom. The second kappa shape index (κ2) is 9.15. The molecule has 1 fully saturated rings. The lowest BCUT2D eigenvalue weighted by molar-refractivity contribution is -0.120. The van der Waals surface area contributed by atoms with Gasteiger partial charge in [0.15, 0.2) is 0 Å². The van der Waals surface area contributed by atoms with Crippen molar-refractivity contribution in [1.82, 2.24) is 16.0 Å². The number of carbonyl (C=O) groups is 2.